The van der Waals surface area contributed by atoms with E-state index in [1.54, 1.807) is 13.8 Å². The molecule has 0 aromatic rings. The number of ether oxygens (including phenoxy) is 2. The van der Waals surface area contributed by atoms with Gasteiger partial charge < -0.3 is 9.47 Å². The minimum atomic E-state index is -0.687. The Morgan fingerprint density at radius 2 is 1.86 bits per heavy atom. The lowest BCUT2D eigenvalue weighted by molar-refractivity contribution is -0.365. The van der Waals surface area contributed by atoms with Gasteiger partial charge in [0.15, 0.2) is 6.29 Å². The summed E-state index contributed by atoms with van der Waals surface area (Å²) in [6.07, 6.45) is -1.11. The first-order chi connectivity index (χ1) is 6.47. The number of hydrogen-bond acceptors (Lipinski definition) is 5. The molecule has 0 aromatic heterocycles. The van der Waals surface area contributed by atoms with Crippen molar-refractivity contribution in [1.29, 1.82) is 0 Å². The first-order valence-corrected chi connectivity index (χ1v) is 4.18. The van der Waals surface area contributed by atoms with Crippen molar-refractivity contribution in [3.8, 4) is 0 Å². The van der Waals surface area contributed by atoms with Gasteiger partial charge in [-0.3, -0.25) is 4.89 Å². The highest BCUT2D eigenvalue weighted by molar-refractivity contribution is 5.86. The lowest BCUT2D eigenvalue weighted by atomic mass is 10.4. The molecular weight excluding hydrogens is 188 g/mol. The summed E-state index contributed by atoms with van der Waals surface area (Å²) in [4.78, 5) is 19.9. The predicted molar refractivity (Wildman–Crippen MR) is 49.0 cm³/mol. The molecule has 0 spiro atoms. The van der Waals surface area contributed by atoms with Crippen LogP contribution in [0.1, 0.15) is 20.8 Å². The molecule has 0 saturated heterocycles. The Bertz CT molecular complexity index is 201. The Morgan fingerprint density at radius 3 is 2.29 bits per heavy atom. The van der Waals surface area contributed by atoms with Gasteiger partial charge in [0.25, 0.3) is 0 Å². The summed E-state index contributed by atoms with van der Waals surface area (Å²) in [5, 5.41) is 0. The second-order valence-corrected chi connectivity index (χ2v) is 2.75. The maximum atomic E-state index is 10.9. The molecule has 0 fully saturated rings. The van der Waals surface area contributed by atoms with Crippen molar-refractivity contribution >= 4 is 5.97 Å². The molecule has 0 heterocycles. The van der Waals surface area contributed by atoms with Gasteiger partial charge in [0.05, 0.1) is 0 Å². The topological polar surface area (TPSA) is 54.0 Å². The van der Waals surface area contributed by atoms with E-state index in [9.17, 15) is 4.79 Å². The normalized spacial score (nSPS) is 14.6. The van der Waals surface area contributed by atoms with E-state index in [2.05, 4.69) is 16.4 Å². The summed E-state index contributed by atoms with van der Waals surface area (Å²) >= 11 is 0. The smallest absolute Gasteiger partial charge is 0.356 e. The van der Waals surface area contributed by atoms with Crippen LogP contribution in [-0.2, 0) is 24.0 Å². The van der Waals surface area contributed by atoms with E-state index < -0.39 is 18.5 Å². The average molecular weight is 204 g/mol. The molecule has 2 atom stereocenters. The molecule has 2 unspecified atom stereocenters. The van der Waals surface area contributed by atoms with Crippen molar-refractivity contribution in [2.24, 2.45) is 0 Å². The standard InChI is InChI=1S/C9H16O5/c1-6(2)9(10)14-13-8(4)12-7(3)11-5/h7-8H,1H2,2-5H3. The van der Waals surface area contributed by atoms with Gasteiger partial charge in [0.2, 0.25) is 6.29 Å². The molecule has 0 aliphatic rings. The number of carbonyl (C=O) groups excluding carboxylic acids is 1. The molecule has 0 rings (SSSR count). The van der Waals surface area contributed by atoms with Gasteiger partial charge in [-0.1, -0.05) is 6.58 Å². The lowest BCUT2D eigenvalue weighted by Crippen LogP contribution is -2.22. The fraction of sp³-hybridized carbons (Fsp3) is 0.667. The fourth-order valence-electron chi connectivity index (χ4n) is 0.531. The van der Waals surface area contributed by atoms with Crippen LogP contribution < -0.4 is 0 Å². The fourth-order valence-corrected chi connectivity index (χ4v) is 0.531. The molecule has 0 N–H and O–H groups in total. The van der Waals surface area contributed by atoms with Crippen molar-refractivity contribution in [3.05, 3.63) is 12.2 Å². The molecule has 5 nitrogen and oxygen atoms in total. The second kappa shape index (κ2) is 6.53. The number of rotatable bonds is 6. The molecule has 0 amide bonds. The van der Waals surface area contributed by atoms with E-state index in [4.69, 9.17) is 9.47 Å². The van der Waals surface area contributed by atoms with Gasteiger partial charge in [-0.05, 0) is 20.8 Å². The predicted octanol–water partition coefficient (Wildman–Crippen LogP) is 1.39. The maximum absolute atomic E-state index is 10.9. The van der Waals surface area contributed by atoms with E-state index >= 15 is 0 Å². The van der Waals surface area contributed by atoms with Crippen LogP contribution in [0.25, 0.3) is 0 Å². The van der Waals surface area contributed by atoms with Gasteiger partial charge in [-0.25, -0.2) is 4.79 Å². The van der Waals surface area contributed by atoms with Crippen LogP contribution in [0.3, 0.4) is 0 Å². The van der Waals surface area contributed by atoms with Gasteiger partial charge >= 0.3 is 5.97 Å². The Labute approximate surface area is 83.5 Å². The highest BCUT2D eigenvalue weighted by Crippen LogP contribution is 2.02. The summed E-state index contributed by atoms with van der Waals surface area (Å²) in [5.41, 5.74) is 0.261. The van der Waals surface area contributed by atoms with Crippen molar-refractivity contribution in [3.63, 3.8) is 0 Å². The quantitative estimate of drug-likeness (QED) is 0.283. The molecule has 5 heteroatoms. The van der Waals surface area contributed by atoms with E-state index in [1.807, 2.05) is 0 Å². The number of methoxy groups -OCH3 is 1. The zero-order valence-corrected chi connectivity index (χ0v) is 8.90. The Balaban J connectivity index is 3.68. The van der Waals surface area contributed by atoms with Gasteiger partial charge in [0.1, 0.15) is 0 Å². The average Bonchev–Trinajstić information content (AvgIpc) is 2.13. The molecule has 0 aromatic carbocycles. The highest BCUT2D eigenvalue weighted by atomic mass is 17.2. The molecule has 0 aliphatic carbocycles. The first-order valence-electron chi connectivity index (χ1n) is 4.18. The third-order valence-corrected chi connectivity index (χ3v) is 1.32. The molecule has 0 bridgehead atoms. The SMILES string of the molecule is C=C(C)C(=O)OOC(C)OC(C)OC. The Morgan fingerprint density at radius 1 is 1.29 bits per heavy atom. The van der Waals surface area contributed by atoms with Crippen LogP contribution >= 0.6 is 0 Å². The summed E-state index contributed by atoms with van der Waals surface area (Å²) in [5.74, 6) is -0.620. The largest absolute Gasteiger partial charge is 0.368 e. The van der Waals surface area contributed by atoms with Gasteiger partial charge in [-0.2, -0.15) is 4.89 Å². The zero-order valence-electron chi connectivity index (χ0n) is 8.90. The zero-order chi connectivity index (χ0) is 11.1. The van der Waals surface area contributed by atoms with Crippen LogP contribution in [0.2, 0.25) is 0 Å². The van der Waals surface area contributed by atoms with Crippen LogP contribution in [0.4, 0.5) is 0 Å². The van der Waals surface area contributed by atoms with Gasteiger partial charge in [-0.15, -0.1) is 0 Å². The summed E-state index contributed by atoms with van der Waals surface area (Å²) in [6.45, 7) is 8.19. The molecule has 0 aliphatic heterocycles. The van der Waals surface area contributed by atoms with E-state index in [-0.39, 0.29) is 5.57 Å². The van der Waals surface area contributed by atoms with E-state index in [0.717, 1.165) is 0 Å². The van der Waals surface area contributed by atoms with Crippen molar-refractivity contribution in [2.45, 2.75) is 33.4 Å². The van der Waals surface area contributed by atoms with Crippen LogP contribution in [-0.4, -0.2) is 25.7 Å². The van der Waals surface area contributed by atoms with E-state index in [0.29, 0.717) is 0 Å². The summed E-state index contributed by atoms with van der Waals surface area (Å²) in [7, 11) is 1.50. The summed E-state index contributed by atoms with van der Waals surface area (Å²) in [6, 6.07) is 0. The Kier molecular flexibility index (Phi) is 6.11. The van der Waals surface area contributed by atoms with Crippen molar-refractivity contribution < 1.29 is 24.0 Å². The van der Waals surface area contributed by atoms with Gasteiger partial charge in [0, 0.05) is 12.7 Å². The Hall–Kier alpha value is -0.910. The minimum Gasteiger partial charge on any atom is -0.356 e. The van der Waals surface area contributed by atoms with Crippen LogP contribution in [0, 0.1) is 0 Å². The summed E-state index contributed by atoms with van der Waals surface area (Å²) < 4.78 is 9.89. The third-order valence-electron chi connectivity index (χ3n) is 1.32. The molecule has 82 valence electrons. The molecule has 0 saturated carbocycles. The first kappa shape index (κ1) is 13.1. The third kappa shape index (κ3) is 5.69. The minimum absolute atomic E-state index is 0.261. The number of carbonyl (C=O) groups is 1. The number of hydrogen-bond donors (Lipinski definition) is 0. The molecular formula is C9H16O5. The monoisotopic (exact) mass is 204 g/mol. The van der Waals surface area contributed by atoms with Crippen LogP contribution in [0.5, 0.6) is 0 Å². The maximum Gasteiger partial charge on any atom is 0.368 e. The molecule has 0 radical (unpaired) electrons. The van der Waals surface area contributed by atoms with E-state index in [1.165, 1.54) is 14.0 Å². The lowest BCUT2D eigenvalue weighted by Gasteiger charge is -2.16. The second-order valence-electron chi connectivity index (χ2n) is 2.75. The van der Waals surface area contributed by atoms with Crippen molar-refractivity contribution in [1.82, 2.24) is 0 Å². The van der Waals surface area contributed by atoms with Crippen molar-refractivity contribution in [2.75, 3.05) is 7.11 Å². The molecule has 14 heavy (non-hydrogen) atoms. The highest BCUT2D eigenvalue weighted by Gasteiger charge is 2.12. The van der Waals surface area contributed by atoms with Crippen LogP contribution in [0.15, 0.2) is 12.2 Å².